The highest BCUT2D eigenvalue weighted by atomic mass is 16.5. The third-order valence-electron chi connectivity index (χ3n) is 4.08. The Kier molecular flexibility index (Phi) is 6.74. The Hall–Kier alpha value is -0.840. The fraction of sp³-hybridized carbons (Fsp3) is 0.765. The van der Waals surface area contributed by atoms with Crippen molar-refractivity contribution in [2.45, 2.75) is 39.8 Å². The number of nitrogens with one attached hydrogen (secondary N) is 1. The summed E-state index contributed by atoms with van der Waals surface area (Å²) in [6.45, 7) is 10.5. The Balaban J connectivity index is 1.83. The third kappa shape index (κ3) is 5.46. The van der Waals surface area contributed by atoms with Gasteiger partial charge >= 0.3 is 0 Å². The molecular weight excluding hydrogens is 264 g/mol. The Morgan fingerprint density at radius 1 is 1.48 bits per heavy atom. The van der Waals surface area contributed by atoms with Crippen LogP contribution in [0.2, 0.25) is 0 Å². The zero-order valence-electron chi connectivity index (χ0n) is 13.7. The minimum atomic E-state index is 0.668. The monoisotopic (exact) mass is 294 g/mol. The summed E-state index contributed by atoms with van der Waals surface area (Å²) in [7, 11) is 1.80. The second-order valence-electron chi connectivity index (χ2n) is 6.59. The largest absolute Gasteiger partial charge is 0.468 e. The first kappa shape index (κ1) is 16.5. The van der Waals surface area contributed by atoms with E-state index in [1.54, 1.807) is 7.11 Å². The second-order valence-corrected chi connectivity index (χ2v) is 6.59. The van der Waals surface area contributed by atoms with Gasteiger partial charge in [0.05, 0.1) is 19.4 Å². The van der Waals surface area contributed by atoms with Gasteiger partial charge in [0.25, 0.3) is 0 Å². The molecule has 0 radical (unpaired) electrons. The molecule has 0 aliphatic carbocycles. The minimum Gasteiger partial charge on any atom is -0.468 e. The van der Waals surface area contributed by atoms with E-state index in [-0.39, 0.29) is 0 Å². The van der Waals surface area contributed by atoms with E-state index in [2.05, 4.69) is 30.1 Å². The molecule has 120 valence electrons. The van der Waals surface area contributed by atoms with E-state index >= 15 is 0 Å². The van der Waals surface area contributed by atoms with Crippen molar-refractivity contribution in [1.29, 1.82) is 0 Å². The van der Waals surface area contributed by atoms with Crippen molar-refractivity contribution in [2.75, 3.05) is 33.4 Å². The highest BCUT2D eigenvalue weighted by Gasteiger charge is 2.21. The highest BCUT2D eigenvalue weighted by Crippen LogP contribution is 2.20. The molecule has 4 heteroatoms. The number of furan rings is 1. The van der Waals surface area contributed by atoms with Gasteiger partial charge in [-0.05, 0) is 43.8 Å². The molecule has 0 bridgehead atoms. The lowest BCUT2D eigenvalue weighted by atomic mass is 9.99. The van der Waals surface area contributed by atoms with Crippen molar-refractivity contribution in [3.63, 3.8) is 0 Å². The average Bonchev–Trinajstić information content (AvgIpc) is 2.87. The van der Waals surface area contributed by atoms with E-state index in [0.29, 0.717) is 11.8 Å². The van der Waals surface area contributed by atoms with Crippen LogP contribution in [0.1, 0.15) is 38.0 Å². The maximum absolute atomic E-state index is 5.71. The van der Waals surface area contributed by atoms with Gasteiger partial charge in [0.2, 0.25) is 0 Å². The predicted octanol–water partition coefficient (Wildman–Crippen LogP) is 2.88. The summed E-state index contributed by atoms with van der Waals surface area (Å²) in [6.07, 6.45) is 4.36. The van der Waals surface area contributed by atoms with Crippen LogP contribution in [-0.4, -0.2) is 38.3 Å². The fourth-order valence-corrected chi connectivity index (χ4v) is 3.03. The molecule has 0 aromatic carbocycles. The van der Waals surface area contributed by atoms with Gasteiger partial charge in [0.15, 0.2) is 0 Å². The first-order valence-corrected chi connectivity index (χ1v) is 8.16. The molecule has 1 saturated heterocycles. The van der Waals surface area contributed by atoms with Gasteiger partial charge in [0.1, 0.15) is 5.76 Å². The quantitative estimate of drug-likeness (QED) is 0.800. The van der Waals surface area contributed by atoms with Crippen molar-refractivity contribution < 1.29 is 9.15 Å². The van der Waals surface area contributed by atoms with E-state index in [4.69, 9.17) is 9.15 Å². The topological polar surface area (TPSA) is 37.6 Å². The van der Waals surface area contributed by atoms with E-state index < -0.39 is 0 Å². The summed E-state index contributed by atoms with van der Waals surface area (Å²) in [5.41, 5.74) is 1.30. The van der Waals surface area contributed by atoms with Gasteiger partial charge in [-0.25, -0.2) is 0 Å². The zero-order valence-corrected chi connectivity index (χ0v) is 13.7. The third-order valence-corrected chi connectivity index (χ3v) is 4.08. The molecule has 2 rings (SSSR count). The number of nitrogens with zero attached hydrogens (tertiary/aromatic N) is 1. The number of hydrogen-bond donors (Lipinski definition) is 1. The van der Waals surface area contributed by atoms with Gasteiger partial charge in [-0.3, -0.25) is 4.90 Å². The number of rotatable bonds is 8. The van der Waals surface area contributed by atoms with Crippen molar-refractivity contribution in [1.82, 2.24) is 10.2 Å². The summed E-state index contributed by atoms with van der Waals surface area (Å²) in [5.74, 6) is 2.46. The van der Waals surface area contributed by atoms with E-state index in [1.807, 2.05) is 6.26 Å². The molecule has 1 fully saturated rings. The van der Waals surface area contributed by atoms with Gasteiger partial charge in [-0.2, -0.15) is 0 Å². The lowest BCUT2D eigenvalue weighted by Crippen LogP contribution is -2.36. The summed E-state index contributed by atoms with van der Waals surface area (Å²) < 4.78 is 11.0. The molecule has 0 saturated carbocycles. The normalized spacial score (nSPS) is 20.3. The molecular formula is C17H30N2O2. The van der Waals surface area contributed by atoms with Crippen LogP contribution < -0.4 is 5.32 Å². The van der Waals surface area contributed by atoms with Gasteiger partial charge in [-0.1, -0.05) is 13.8 Å². The number of hydrogen-bond acceptors (Lipinski definition) is 4. The summed E-state index contributed by atoms with van der Waals surface area (Å²) in [6, 6.07) is 2.10. The van der Waals surface area contributed by atoms with E-state index in [0.717, 1.165) is 38.5 Å². The fourth-order valence-electron chi connectivity index (χ4n) is 3.03. The van der Waals surface area contributed by atoms with Gasteiger partial charge < -0.3 is 14.5 Å². The summed E-state index contributed by atoms with van der Waals surface area (Å²) in [5, 5.41) is 3.50. The predicted molar refractivity (Wildman–Crippen MR) is 85.1 cm³/mol. The first-order chi connectivity index (χ1) is 10.2. The van der Waals surface area contributed by atoms with Crippen molar-refractivity contribution in [2.24, 2.45) is 11.8 Å². The molecule has 1 atom stereocenters. The Bertz CT molecular complexity index is 401. The molecule has 1 aliphatic heterocycles. The number of ether oxygens (including phenoxy) is 1. The highest BCUT2D eigenvalue weighted by molar-refractivity contribution is 5.16. The second kappa shape index (κ2) is 8.57. The van der Waals surface area contributed by atoms with Crippen LogP contribution in [0.3, 0.4) is 0 Å². The van der Waals surface area contributed by atoms with Crippen molar-refractivity contribution in [3.05, 3.63) is 23.7 Å². The number of likely N-dealkylation sites (tertiary alicyclic amines) is 1. The van der Waals surface area contributed by atoms with Crippen LogP contribution in [0.15, 0.2) is 16.7 Å². The molecule has 2 heterocycles. The Labute approximate surface area is 128 Å². The smallest absolute Gasteiger partial charge is 0.122 e. The first-order valence-electron chi connectivity index (χ1n) is 8.16. The number of piperidine rings is 1. The summed E-state index contributed by atoms with van der Waals surface area (Å²) in [4.78, 5) is 2.50. The SMILES string of the molecule is COCC1CCCN(Cc2occc2CNCC(C)C)C1. The lowest BCUT2D eigenvalue weighted by molar-refractivity contribution is 0.0838. The lowest BCUT2D eigenvalue weighted by Gasteiger charge is -2.31. The zero-order chi connectivity index (χ0) is 15.1. The maximum atomic E-state index is 5.71. The van der Waals surface area contributed by atoms with Crippen LogP contribution in [0.5, 0.6) is 0 Å². The molecule has 4 nitrogen and oxygen atoms in total. The van der Waals surface area contributed by atoms with Crippen molar-refractivity contribution in [3.8, 4) is 0 Å². The molecule has 1 aromatic rings. The molecule has 1 unspecified atom stereocenters. The molecule has 1 N–H and O–H groups in total. The summed E-state index contributed by atoms with van der Waals surface area (Å²) >= 11 is 0. The van der Waals surface area contributed by atoms with Crippen LogP contribution in [0, 0.1) is 11.8 Å². The number of methoxy groups -OCH3 is 1. The maximum Gasteiger partial charge on any atom is 0.122 e. The standard InChI is InChI=1S/C17H30N2O2/c1-14(2)9-18-10-16-6-8-21-17(16)12-19-7-4-5-15(11-19)13-20-3/h6,8,14-15,18H,4-5,7,9-13H2,1-3H3. The van der Waals surface area contributed by atoms with Crippen LogP contribution in [0.4, 0.5) is 0 Å². The van der Waals surface area contributed by atoms with Gasteiger partial charge in [-0.15, -0.1) is 0 Å². The molecule has 1 aliphatic rings. The Morgan fingerprint density at radius 3 is 3.10 bits per heavy atom. The molecule has 1 aromatic heterocycles. The Morgan fingerprint density at radius 2 is 2.33 bits per heavy atom. The van der Waals surface area contributed by atoms with Crippen LogP contribution in [-0.2, 0) is 17.8 Å². The van der Waals surface area contributed by atoms with E-state index in [9.17, 15) is 0 Å². The minimum absolute atomic E-state index is 0.668. The molecule has 21 heavy (non-hydrogen) atoms. The van der Waals surface area contributed by atoms with Crippen LogP contribution >= 0.6 is 0 Å². The average molecular weight is 294 g/mol. The molecule has 0 amide bonds. The van der Waals surface area contributed by atoms with Crippen LogP contribution in [0.25, 0.3) is 0 Å². The van der Waals surface area contributed by atoms with Crippen molar-refractivity contribution >= 4 is 0 Å². The van der Waals surface area contributed by atoms with E-state index in [1.165, 1.54) is 24.9 Å². The van der Waals surface area contributed by atoms with Gasteiger partial charge in [0, 0.05) is 25.8 Å². The molecule has 0 spiro atoms.